The molecule has 0 aliphatic rings. The van der Waals surface area contributed by atoms with Crippen molar-refractivity contribution in [3.8, 4) is 56.9 Å². The van der Waals surface area contributed by atoms with Crippen LogP contribution in [0.4, 0.5) is 52.7 Å². The lowest BCUT2D eigenvalue weighted by Gasteiger charge is -2.19. The molecule has 0 atom stereocenters. The van der Waals surface area contributed by atoms with Crippen LogP contribution in [-0.4, -0.2) is 9.13 Å². The molecule has 0 spiro atoms. The van der Waals surface area contributed by atoms with Gasteiger partial charge < -0.3 is 9.13 Å². The first-order valence-electron chi connectivity index (χ1n) is 20.9. The van der Waals surface area contributed by atoms with Crippen LogP contribution >= 0.6 is 0 Å². The number of nitriles is 2. The Bertz CT molecular complexity index is 3590. The number of alkyl halides is 12. The summed E-state index contributed by atoms with van der Waals surface area (Å²) in [6, 6.07) is 39.1. The van der Waals surface area contributed by atoms with E-state index in [1.165, 1.54) is 24.3 Å². The van der Waals surface area contributed by atoms with Gasteiger partial charge in [0.2, 0.25) is 0 Å². The zero-order chi connectivity index (χ0) is 49.7. The van der Waals surface area contributed by atoms with Gasteiger partial charge >= 0.3 is 24.7 Å². The number of nitrogens with zero attached hydrogens (tertiary/aromatic N) is 4. The molecule has 0 saturated carbocycles. The average Bonchev–Trinajstić information content (AvgIpc) is 3.84. The Morgan fingerprint density at radius 3 is 1.09 bits per heavy atom. The van der Waals surface area contributed by atoms with Gasteiger partial charge in [0.1, 0.15) is 11.6 Å². The number of para-hydroxylation sites is 2. The molecule has 2 aromatic heterocycles. The molecule has 8 aromatic carbocycles. The van der Waals surface area contributed by atoms with Crippen molar-refractivity contribution in [2.24, 2.45) is 0 Å². The number of benzene rings is 8. The quantitative estimate of drug-likeness (QED) is 0.161. The predicted octanol–water partition coefficient (Wildman–Crippen LogP) is 16.7. The second-order valence-electron chi connectivity index (χ2n) is 16.4. The Hall–Kier alpha value is -8.50. The lowest BCUT2D eigenvalue weighted by Crippen LogP contribution is -2.11. The molecule has 16 heteroatoms. The maximum absolute atomic E-state index is 14.1. The summed E-state index contributed by atoms with van der Waals surface area (Å²) in [4.78, 5) is 0. The largest absolute Gasteiger partial charge is 0.416 e. The first-order chi connectivity index (χ1) is 33.1. The van der Waals surface area contributed by atoms with Gasteiger partial charge in [-0.1, -0.05) is 78.9 Å². The molecule has 0 saturated heterocycles. The zero-order valence-corrected chi connectivity index (χ0v) is 35.3. The predicted molar refractivity (Wildman–Crippen MR) is 241 cm³/mol. The maximum atomic E-state index is 14.1. The molecule has 0 bridgehead atoms. The van der Waals surface area contributed by atoms with Crippen molar-refractivity contribution in [3.63, 3.8) is 0 Å². The first-order valence-corrected chi connectivity index (χ1v) is 20.9. The number of hydrogen-bond acceptors (Lipinski definition) is 2. The number of halogens is 12. The van der Waals surface area contributed by atoms with E-state index in [4.69, 9.17) is 0 Å². The van der Waals surface area contributed by atoms with Gasteiger partial charge in [-0.2, -0.15) is 63.2 Å². The van der Waals surface area contributed by atoms with Crippen LogP contribution in [0.2, 0.25) is 0 Å². The molecule has 0 amide bonds. The summed E-state index contributed by atoms with van der Waals surface area (Å²) in [6.07, 6.45) is -20.6. The number of hydrogen-bond donors (Lipinski definition) is 0. The van der Waals surface area contributed by atoms with Crippen LogP contribution in [0.1, 0.15) is 33.4 Å². The number of aromatic nitrogens is 2. The van der Waals surface area contributed by atoms with Gasteiger partial charge in [0.05, 0.1) is 67.3 Å². The van der Waals surface area contributed by atoms with Gasteiger partial charge in [0.15, 0.2) is 0 Å². The number of rotatable bonds is 5. The zero-order valence-electron chi connectivity index (χ0n) is 35.3. The fourth-order valence-electron chi connectivity index (χ4n) is 9.13. The molecule has 10 aromatic rings. The summed E-state index contributed by atoms with van der Waals surface area (Å²) in [6.45, 7) is 0. The summed E-state index contributed by atoms with van der Waals surface area (Å²) < 4.78 is 173. The van der Waals surface area contributed by atoms with Gasteiger partial charge in [-0.3, -0.25) is 0 Å². The van der Waals surface area contributed by atoms with E-state index in [9.17, 15) is 63.2 Å². The van der Waals surface area contributed by atoms with Crippen molar-refractivity contribution in [1.82, 2.24) is 9.13 Å². The molecule has 0 N–H and O–H groups in total. The standard InChI is InChI=1S/C54H26F12N4/c55-51(56,57)35-17-32(18-36(25-35)52(58,59)60)29-13-15-42-40-9-3-5-11-45(40)69(47(42)21-29)49-23-34(39-8-2-1-7-31(39)27-67)24-50(44(49)28-68)70-46-12-6-4-10-41(46)43-16-14-30(22-48(43)70)33-19-37(53(61,62)63)26-38(20-33)54(64,65)66/h1-26H. The third-order valence-electron chi connectivity index (χ3n) is 12.2. The first kappa shape index (κ1) is 45.3. The van der Waals surface area contributed by atoms with E-state index in [0.29, 0.717) is 68.0 Å². The lowest BCUT2D eigenvalue weighted by molar-refractivity contribution is -0.144. The molecule has 0 fully saturated rings. The van der Waals surface area contributed by atoms with E-state index < -0.39 is 58.1 Å². The molecule has 0 unspecified atom stereocenters. The second kappa shape index (κ2) is 16.1. The van der Waals surface area contributed by atoms with Crippen molar-refractivity contribution in [2.45, 2.75) is 24.7 Å². The van der Waals surface area contributed by atoms with Crippen LogP contribution < -0.4 is 0 Å². The van der Waals surface area contributed by atoms with Gasteiger partial charge in [0, 0.05) is 21.5 Å². The van der Waals surface area contributed by atoms with Gasteiger partial charge in [0.25, 0.3) is 0 Å². The Morgan fingerprint density at radius 2 is 0.700 bits per heavy atom. The van der Waals surface area contributed by atoms with Gasteiger partial charge in [-0.25, -0.2) is 0 Å². The fourth-order valence-corrected chi connectivity index (χ4v) is 9.13. The highest BCUT2D eigenvalue weighted by molar-refractivity contribution is 6.12. The van der Waals surface area contributed by atoms with Crippen LogP contribution in [0, 0.1) is 22.7 Å². The summed E-state index contributed by atoms with van der Waals surface area (Å²) in [7, 11) is 0. The third kappa shape index (κ3) is 7.71. The molecular formula is C54H26F12N4. The summed E-state index contributed by atoms with van der Waals surface area (Å²) in [5.41, 5.74) is -4.39. The van der Waals surface area contributed by atoms with Gasteiger partial charge in [-0.15, -0.1) is 0 Å². The average molecular weight is 959 g/mol. The molecule has 0 aliphatic carbocycles. The minimum Gasteiger partial charge on any atom is -0.308 e. The third-order valence-corrected chi connectivity index (χ3v) is 12.2. The van der Waals surface area contributed by atoms with Crippen molar-refractivity contribution >= 4 is 43.6 Å². The van der Waals surface area contributed by atoms with E-state index in [-0.39, 0.29) is 56.8 Å². The second-order valence-corrected chi connectivity index (χ2v) is 16.4. The Morgan fingerprint density at radius 1 is 0.329 bits per heavy atom. The van der Waals surface area contributed by atoms with E-state index in [2.05, 4.69) is 12.1 Å². The van der Waals surface area contributed by atoms with Crippen molar-refractivity contribution < 1.29 is 52.7 Å². The Balaban J connectivity index is 1.31. The van der Waals surface area contributed by atoms with Crippen LogP contribution in [0.3, 0.4) is 0 Å². The van der Waals surface area contributed by atoms with Crippen molar-refractivity contribution in [3.05, 3.63) is 191 Å². The molecule has 2 heterocycles. The smallest absolute Gasteiger partial charge is 0.308 e. The topological polar surface area (TPSA) is 57.4 Å². The molecule has 4 nitrogen and oxygen atoms in total. The fraction of sp³-hybridized carbons (Fsp3) is 0.0741. The van der Waals surface area contributed by atoms with Crippen molar-refractivity contribution in [1.29, 1.82) is 10.5 Å². The van der Waals surface area contributed by atoms with Gasteiger partial charge in [-0.05, 0) is 112 Å². The van der Waals surface area contributed by atoms with Crippen LogP contribution in [-0.2, 0) is 24.7 Å². The normalized spacial score (nSPS) is 12.5. The highest BCUT2D eigenvalue weighted by Gasteiger charge is 2.39. The van der Waals surface area contributed by atoms with E-state index >= 15 is 0 Å². The lowest BCUT2D eigenvalue weighted by atomic mass is 9.96. The van der Waals surface area contributed by atoms with E-state index in [1.807, 2.05) is 0 Å². The summed E-state index contributed by atoms with van der Waals surface area (Å²) >= 11 is 0. The molecule has 10 rings (SSSR count). The Labute approximate surface area is 387 Å². The minimum absolute atomic E-state index is 0.0291. The van der Waals surface area contributed by atoms with Crippen molar-refractivity contribution in [2.75, 3.05) is 0 Å². The SMILES string of the molecule is N#Cc1ccccc1-c1cc(-n2c3ccccc3c3ccc(-c4cc(C(F)(F)F)cc(C(F)(F)F)c4)cc32)c(C#N)c(-n2c3ccccc3c3ccc(-c4cc(C(F)(F)F)cc(C(F)(F)F)c4)cc32)c1. The highest BCUT2D eigenvalue weighted by atomic mass is 19.4. The highest BCUT2D eigenvalue weighted by Crippen LogP contribution is 2.45. The number of fused-ring (bicyclic) bond motifs is 6. The minimum atomic E-state index is -5.14. The van der Waals surface area contributed by atoms with Crippen LogP contribution in [0.15, 0.2) is 158 Å². The summed E-state index contributed by atoms with van der Waals surface area (Å²) in [5, 5.41) is 23.9. The molecule has 70 heavy (non-hydrogen) atoms. The van der Waals surface area contributed by atoms with Crippen LogP contribution in [0.5, 0.6) is 0 Å². The maximum Gasteiger partial charge on any atom is 0.416 e. The Kier molecular flexibility index (Phi) is 10.4. The molecule has 0 radical (unpaired) electrons. The monoisotopic (exact) mass is 958 g/mol. The van der Waals surface area contributed by atoms with E-state index in [1.54, 1.807) is 106 Å². The molecule has 0 aliphatic heterocycles. The molecular weight excluding hydrogens is 933 g/mol. The van der Waals surface area contributed by atoms with Crippen LogP contribution in [0.25, 0.3) is 88.4 Å². The van der Waals surface area contributed by atoms with E-state index in [0.717, 1.165) is 0 Å². The summed E-state index contributed by atoms with van der Waals surface area (Å²) in [5.74, 6) is 0. The molecule has 346 valence electrons.